The van der Waals surface area contributed by atoms with Crippen molar-refractivity contribution in [2.24, 2.45) is 0 Å². The Kier molecular flexibility index (Phi) is 7.03. The molecule has 2 aromatic heterocycles. The predicted molar refractivity (Wildman–Crippen MR) is 140 cm³/mol. The van der Waals surface area contributed by atoms with E-state index >= 15 is 0 Å². The first kappa shape index (κ1) is 23.0. The normalized spacial score (nSPS) is 14.7. The van der Waals surface area contributed by atoms with Gasteiger partial charge in [-0.25, -0.2) is 9.37 Å². The lowest BCUT2D eigenvalue weighted by molar-refractivity contribution is 0.418. The van der Waals surface area contributed by atoms with Crippen LogP contribution in [0, 0.1) is 5.82 Å². The smallest absolute Gasteiger partial charge is 0.135 e. The van der Waals surface area contributed by atoms with E-state index in [-0.39, 0.29) is 5.82 Å². The third-order valence-electron chi connectivity index (χ3n) is 6.70. The molecule has 1 aliphatic heterocycles. The zero-order valence-electron chi connectivity index (χ0n) is 20.2. The number of rotatable bonds is 8. The molecule has 4 aromatic rings. The van der Waals surface area contributed by atoms with Gasteiger partial charge in [0.05, 0.1) is 11.4 Å². The lowest BCUT2D eigenvalue weighted by Gasteiger charge is -2.18. The summed E-state index contributed by atoms with van der Waals surface area (Å²) in [5.41, 5.74) is 6.59. The molecule has 1 saturated heterocycles. The number of hydrogen-bond donors (Lipinski definition) is 0. The maximum atomic E-state index is 13.7. The lowest BCUT2D eigenvalue weighted by atomic mass is 10.1. The molecule has 0 bridgehead atoms. The van der Waals surface area contributed by atoms with Crippen LogP contribution >= 0.6 is 0 Å². The Bertz CT molecular complexity index is 1280. The molecule has 0 spiro atoms. The van der Waals surface area contributed by atoms with Gasteiger partial charge in [0.2, 0.25) is 0 Å². The van der Waals surface area contributed by atoms with Crippen LogP contribution in [0.2, 0.25) is 0 Å². The summed E-state index contributed by atoms with van der Waals surface area (Å²) in [4.78, 5) is 11.8. The van der Waals surface area contributed by atoms with Gasteiger partial charge in [-0.3, -0.25) is 4.98 Å². The number of allylic oxidation sites excluding steroid dienone is 1. The molecule has 5 rings (SSSR count). The van der Waals surface area contributed by atoms with Crippen LogP contribution in [0.25, 0.3) is 28.6 Å². The van der Waals surface area contributed by atoms with Crippen molar-refractivity contribution >= 4 is 6.08 Å². The number of aromatic nitrogens is 3. The molecule has 0 N–H and O–H groups in total. The molecule has 0 radical (unpaired) electrons. The molecule has 0 atom stereocenters. The van der Waals surface area contributed by atoms with Crippen molar-refractivity contribution < 1.29 is 4.39 Å². The second-order valence-electron chi connectivity index (χ2n) is 8.97. The van der Waals surface area contributed by atoms with Crippen molar-refractivity contribution in [2.45, 2.75) is 39.2 Å². The minimum Gasteiger partial charge on any atom is -0.375 e. The highest BCUT2D eigenvalue weighted by Crippen LogP contribution is 2.35. The Morgan fingerprint density at radius 1 is 0.943 bits per heavy atom. The number of halogens is 1. The summed E-state index contributed by atoms with van der Waals surface area (Å²) in [5, 5.41) is 0. The highest BCUT2D eigenvalue weighted by atomic mass is 19.1. The fraction of sp³-hybridized carbons (Fsp3) is 0.267. The van der Waals surface area contributed by atoms with E-state index in [2.05, 4.69) is 57.8 Å². The second-order valence-corrected chi connectivity index (χ2v) is 8.97. The Morgan fingerprint density at radius 2 is 1.71 bits per heavy atom. The molecule has 1 aliphatic rings. The highest BCUT2D eigenvalue weighted by molar-refractivity contribution is 5.80. The van der Waals surface area contributed by atoms with Crippen LogP contribution in [0.4, 0.5) is 4.39 Å². The molecule has 35 heavy (non-hydrogen) atoms. The van der Waals surface area contributed by atoms with Gasteiger partial charge in [0.1, 0.15) is 11.6 Å². The Morgan fingerprint density at radius 3 is 2.46 bits per heavy atom. The first-order chi connectivity index (χ1) is 17.2. The van der Waals surface area contributed by atoms with Crippen molar-refractivity contribution in [1.29, 1.82) is 0 Å². The average molecular weight is 467 g/mol. The van der Waals surface area contributed by atoms with Crippen LogP contribution < -0.4 is 0 Å². The molecule has 0 unspecified atom stereocenters. The number of hydrogen-bond acceptors (Lipinski definition) is 3. The van der Waals surface area contributed by atoms with Crippen molar-refractivity contribution in [3.05, 3.63) is 102 Å². The Hall–Kier alpha value is -3.73. The summed E-state index contributed by atoms with van der Waals surface area (Å²) in [5.74, 6) is 0.716. The quantitative estimate of drug-likeness (QED) is 0.285. The Labute approximate surface area is 206 Å². The van der Waals surface area contributed by atoms with Crippen molar-refractivity contribution in [3.8, 4) is 22.5 Å². The average Bonchev–Trinajstić information content (AvgIpc) is 3.50. The monoisotopic (exact) mass is 466 g/mol. The van der Waals surface area contributed by atoms with E-state index < -0.39 is 0 Å². The van der Waals surface area contributed by atoms with Gasteiger partial charge in [0.15, 0.2) is 0 Å². The van der Waals surface area contributed by atoms with Crippen LogP contribution in [0.15, 0.2) is 84.8 Å². The number of likely N-dealkylation sites (tertiary alicyclic amines) is 1. The number of nitrogens with zero attached hydrogens (tertiary/aromatic N) is 4. The van der Waals surface area contributed by atoms with Gasteiger partial charge in [-0.15, -0.1) is 0 Å². The third kappa shape index (κ3) is 5.19. The summed E-state index contributed by atoms with van der Waals surface area (Å²) in [6, 6.07) is 21.3. The molecule has 4 nitrogen and oxygen atoms in total. The van der Waals surface area contributed by atoms with Gasteiger partial charge >= 0.3 is 0 Å². The van der Waals surface area contributed by atoms with Crippen molar-refractivity contribution in [2.75, 3.05) is 13.1 Å². The fourth-order valence-corrected chi connectivity index (χ4v) is 4.93. The van der Waals surface area contributed by atoms with Crippen LogP contribution in [0.5, 0.6) is 0 Å². The van der Waals surface area contributed by atoms with E-state index in [1.165, 1.54) is 29.8 Å². The first-order valence-electron chi connectivity index (χ1n) is 12.5. The SMILES string of the molecule is CCN1CCC/C1=C\c1nc(-c2ccc(F)cc2)c(-c2ccncc2)n1CCCc1ccccc1. The molecule has 5 heteroatoms. The predicted octanol–water partition coefficient (Wildman–Crippen LogP) is 6.84. The second kappa shape index (κ2) is 10.7. The summed E-state index contributed by atoms with van der Waals surface area (Å²) in [6.45, 7) is 5.14. The molecular formula is C30H31FN4. The topological polar surface area (TPSA) is 34.0 Å². The lowest BCUT2D eigenvalue weighted by Crippen LogP contribution is -2.16. The maximum absolute atomic E-state index is 13.7. The first-order valence-corrected chi connectivity index (χ1v) is 12.5. The van der Waals surface area contributed by atoms with Crippen LogP contribution in [-0.2, 0) is 13.0 Å². The number of benzene rings is 2. The molecule has 3 heterocycles. The number of pyridine rings is 1. The number of imidazole rings is 1. The van der Waals surface area contributed by atoms with E-state index in [0.717, 1.165) is 67.2 Å². The van der Waals surface area contributed by atoms with E-state index in [4.69, 9.17) is 4.98 Å². The van der Waals surface area contributed by atoms with Gasteiger partial charge < -0.3 is 9.47 Å². The van der Waals surface area contributed by atoms with Gasteiger partial charge in [-0.2, -0.15) is 0 Å². The fourth-order valence-electron chi connectivity index (χ4n) is 4.93. The van der Waals surface area contributed by atoms with Gasteiger partial charge in [0.25, 0.3) is 0 Å². The van der Waals surface area contributed by atoms with Crippen LogP contribution in [0.1, 0.15) is 37.6 Å². The zero-order chi connectivity index (χ0) is 24.0. The Balaban J connectivity index is 1.61. The summed E-state index contributed by atoms with van der Waals surface area (Å²) >= 11 is 0. The molecular weight excluding hydrogens is 435 g/mol. The van der Waals surface area contributed by atoms with E-state index in [9.17, 15) is 4.39 Å². The standard InChI is InChI=1S/C30H31FN4/c1-2-34-20-7-11-27(34)22-28-33-29(24-12-14-26(31)15-13-24)30(25-16-18-32-19-17-25)35(28)21-6-10-23-8-4-3-5-9-23/h3-5,8-9,12-19,22H,2,6-7,10-11,20-21H2,1H3/b27-22+. The molecule has 0 amide bonds. The number of aryl methyl sites for hydroxylation is 1. The molecule has 1 fully saturated rings. The summed E-state index contributed by atoms with van der Waals surface area (Å²) < 4.78 is 16.1. The van der Waals surface area contributed by atoms with Crippen molar-refractivity contribution in [3.63, 3.8) is 0 Å². The summed E-state index contributed by atoms with van der Waals surface area (Å²) in [7, 11) is 0. The van der Waals surface area contributed by atoms with Gasteiger partial charge in [-0.05, 0) is 74.6 Å². The largest absolute Gasteiger partial charge is 0.375 e. The molecule has 2 aromatic carbocycles. The third-order valence-corrected chi connectivity index (χ3v) is 6.70. The minimum absolute atomic E-state index is 0.242. The van der Waals surface area contributed by atoms with Crippen LogP contribution in [0.3, 0.4) is 0 Å². The molecule has 178 valence electrons. The zero-order valence-corrected chi connectivity index (χ0v) is 20.2. The molecule has 0 saturated carbocycles. The van der Waals surface area contributed by atoms with E-state index in [1.54, 1.807) is 0 Å². The summed E-state index contributed by atoms with van der Waals surface area (Å²) in [6.07, 6.45) is 10.1. The van der Waals surface area contributed by atoms with Crippen LogP contribution in [-0.4, -0.2) is 32.5 Å². The highest BCUT2D eigenvalue weighted by Gasteiger charge is 2.22. The maximum Gasteiger partial charge on any atom is 0.135 e. The van der Waals surface area contributed by atoms with E-state index in [0.29, 0.717) is 0 Å². The van der Waals surface area contributed by atoms with E-state index in [1.807, 2.05) is 36.7 Å². The van der Waals surface area contributed by atoms with Gasteiger partial charge in [0, 0.05) is 54.9 Å². The van der Waals surface area contributed by atoms with Crippen molar-refractivity contribution in [1.82, 2.24) is 19.4 Å². The minimum atomic E-state index is -0.242. The van der Waals surface area contributed by atoms with Gasteiger partial charge in [-0.1, -0.05) is 30.3 Å². The molecule has 0 aliphatic carbocycles.